The summed E-state index contributed by atoms with van der Waals surface area (Å²) in [7, 11) is 0. The third-order valence-electron chi connectivity index (χ3n) is 3.99. The first-order valence-electron chi connectivity index (χ1n) is 7.71. The van der Waals surface area contributed by atoms with Crippen molar-refractivity contribution in [1.82, 2.24) is 5.32 Å². The number of nitriles is 1. The van der Waals surface area contributed by atoms with Crippen LogP contribution in [-0.4, -0.2) is 29.8 Å². The van der Waals surface area contributed by atoms with E-state index in [1.165, 1.54) is 0 Å². The summed E-state index contributed by atoms with van der Waals surface area (Å²) in [5.41, 5.74) is 0.556. The molecule has 5 heteroatoms. The Labute approximate surface area is 130 Å². The molecule has 1 amide bonds. The average Bonchev–Trinajstić information content (AvgIpc) is 2.53. The average molecular weight is 302 g/mol. The summed E-state index contributed by atoms with van der Waals surface area (Å²) in [6.07, 6.45) is 2.85. The van der Waals surface area contributed by atoms with E-state index in [2.05, 4.69) is 5.32 Å². The molecular weight excluding hydrogens is 280 g/mol. The molecule has 1 aliphatic carbocycles. The summed E-state index contributed by atoms with van der Waals surface area (Å²) in [5.74, 6) is 0.744. The number of rotatable bonds is 5. The van der Waals surface area contributed by atoms with Crippen LogP contribution in [0.3, 0.4) is 0 Å². The number of aliphatic hydroxyl groups excluding tert-OH is 1. The van der Waals surface area contributed by atoms with Gasteiger partial charge in [-0.1, -0.05) is 6.42 Å². The van der Waals surface area contributed by atoms with E-state index < -0.39 is 6.10 Å². The zero-order valence-corrected chi connectivity index (χ0v) is 12.8. The Kier molecular flexibility index (Phi) is 5.79. The predicted molar refractivity (Wildman–Crippen MR) is 82.2 cm³/mol. The molecule has 1 aromatic carbocycles. The first-order chi connectivity index (χ1) is 10.6. The minimum Gasteiger partial charge on any atom is -0.481 e. The SMILES string of the molecule is CC(Oc1ccc(C#N)cc1)C(=O)NCC1CCCC(O)C1. The molecule has 1 aromatic rings. The zero-order chi connectivity index (χ0) is 15.9. The summed E-state index contributed by atoms with van der Waals surface area (Å²) in [6, 6.07) is 8.71. The van der Waals surface area contributed by atoms with Gasteiger partial charge < -0.3 is 15.2 Å². The lowest BCUT2D eigenvalue weighted by atomic mass is 9.87. The molecule has 0 saturated heterocycles. The maximum atomic E-state index is 12.0. The molecule has 2 N–H and O–H groups in total. The first-order valence-corrected chi connectivity index (χ1v) is 7.71. The Balaban J connectivity index is 1.77. The van der Waals surface area contributed by atoms with Crippen LogP contribution in [0.15, 0.2) is 24.3 Å². The number of ether oxygens (including phenoxy) is 1. The molecule has 118 valence electrons. The molecular formula is C17H22N2O3. The van der Waals surface area contributed by atoms with E-state index in [-0.39, 0.29) is 12.0 Å². The van der Waals surface area contributed by atoms with Crippen molar-refractivity contribution in [3.63, 3.8) is 0 Å². The molecule has 1 fully saturated rings. The van der Waals surface area contributed by atoms with Crippen molar-refractivity contribution in [1.29, 1.82) is 5.26 Å². The van der Waals surface area contributed by atoms with E-state index in [0.717, 1.165) is 25.7 Å². The van der Waals surface area contributed by atoms with Crippen LogP contribution in [0.25, 0.3) is 0 Å². The first kappa shape index (κ1) is 16.3. The molecule has 2 rings (SSSR count). The maximum Gasteiger partial charge on any atom is 0.260 e. The Bertz CT molecular complexity index is 536. The molecule has 0 radical (unpaired) electrons. The normalized spacial score (nSPS) is 22.4. The van der Waals surface area contributed by atoms with Gasteiger partial charge in [-0.3, -0.25) is 4.79 Å². The van der Waals surface area contributed by atoms with Gasteiger partial charge in [-0.15, -0.1) is 0 Å². The molecule has 0 bridgehead atoms. The largest absolute Gasteiger partial charge is 0.481 e. The minimum absolute atomic E-state index is 0.163. The number of carbonyl (C=O) groups is 1. The molecule has 1 aliphatic rings. The smallest absolute Gasteiger partial charge is 0.260 e. The molecule has 5 nitrogen and oxygen atoms in total. The molecule has 22 heavy (non-hydrogen) atoms. The summed E-state index contributed by atoms with van der Waals surface area (Å²) in [6.45, 7) is 2.28. The van der Waals surface area contributed by atoms with E-state index in [1.807, 2.05) is 6.07 Å². The molecule has 0 heterocycles. The number of benzene rings is 1. The second kappa shape index (κ2) is 7.81. The van der Waals surface area contributed by atoms with Crippen LogP contribution in [-0.2, 0) is 4.79 Å². The highest BCUT2D eigenvalue weighted by atomic mass is 16.5. The molecule has 3 atom stereocenters. The van der Waals surface area contributed by atoms with Gasteiger partial charge in [0, 0.05) is 6.54 Å². The fourth-order valence-electron chi connectivity index (χ4n) is 2.70. The van der Waals surface area contributed by atoms with Crippen molar-refractivity contribution in [2.45, 2.75) is 44.8 Å². The number of nitrogens with one attached hydrogen (secondary N) is 1. The van der Waals surface area contributed by atoms with Crippen LogP contribution in [0.2, 0.25) is 0 Å². The van der Waals surface area contributed by atoms with Crippen LogP contribution in [0.1, 0.15) is 38.2 Å². The lowest BCUT2D eigenvalue weighted by Crippen LogP contribution is -2.40. The van der Waals surface area contributed by atoms with Crippen molar-refractivity contribution in [2.24, 2.45) is 5.92 Å². The van der Waals surface area contributed by atoms with E-state index in [0.29, 0.717) is 23.8 Å². The number of amides is 1. The zero-order valence-electron chi connectivity index (χ0n) is 12.8. The van der Waals surface area contributed by atoms with Gasteiger partial charge in [-0.25, -0.2) is 0 Å². The second-order valence-electron chi connectivity index (χ2n) is 5.83. The lowest BCUT2D eigenvalue weighted by molar-refractivity contribution is -0.127. The van der Waals surface area contributed by atoms with Crippen molar-refractivity contribution < 1.29 is 14.6 Å². The highest BCUT2D eigenvalue weighted by Crippen LogP contribution is 2.23. The van der Waals surface area contributed by atoms with E-state index in [1.54, 1.807) is 31.2 Å². The fraction of sp³-hybridized carbons (Fsp3) is 0.529. The number of hydrogen-bond acceptors (Lipinski definition) is 4. The third-order valence-corrected chi connectivity index (χ3v) is 3.99. The molecule has 0 aliphatic heterocycles. The predicted octanol–water partition coefficient (Wildman–Crippen LogP) is 1.99. The second-order valence-corrected chi connectivity index (χ2v) is 5.83. The Morgan fingerprint density at radius 3 is 2.82 bits per heavy atom. The van der Waals surface area contributed by atoms with Crippen molar-refractivity contribution in [3.8, 4) is 11.8 Å². The van der Waals surface area contributed by atoms with Gasteiger partial charge >= 0.3 is 0 Å². The summed E-state index contributed by atoms with van der Waals surface area (Å²) in [4.78, 5) is 12.0. The van der Waals surface area contributed by atoms with Crippen LogP contribution in [0.5, 0.6) is 5.75 Å². The standard InChI is InChI=1S/C17H22N2O3/c1-12(22-16-7-5-13(10-18)6-8-16)17(21)19-11-14-3-2-4-15(20)9-14/h5-8,12,14-15,20H,2-4,9,11H2,1H3,(H,19,21). The van der Waals surface area contributed by atoms with Gasteiger partial charge in [-0.05, 0) is 56.4 Å². The van der Waals surface area contributed by atoms with Crippen LogP contribution in [0, 0.1) is 17.2 Å². The van der Waals surface area contributed by atoms with E-state index in [9.17, 15) is 9.90 Å². The van der Waals surface area contributed by atoms with Crippen molar-refractivity contribution in [2.75, 3.05) is 6.54 Å². The molecule has 1 saturated carbocycles. The van der Waals surface area contributed by atoms with Crippen LogP contribution < -0.4 is 10.1 Å². The van der Waals surface area contributed by atoms with Gasteiger partial charge in [0.05, 0.1) is 17.7 Å². The van der Waals surface area contributed by atoms with Gasteiger partial charge in [0.1, 0.15) is 5.75 Å². The number of carbonyl (C=O) groups excluding carboxylic acids is 1. The minimum atomic E-state index is -0.596. The number of hydrogen-bond donors (Lipinski definition) is 2. The van der Waals surface area contributed by atoms with E-state index >= 15 is 0 Å². The highest BCUT2D eigenvalue weighted by molar-refractivity contribution is 5.80. The third kappa shape index (κ3) is 4.74. The monoisotopic (exact) mass is 302 g/mol. The summed E-state index contributed by atoms with van der Waals surface area (Å²) in [5, 5.41) is 21.3. The van der Waals surface area contributed by atoms with Crippen molar-refractivity contribution in [3.05, 3.63) is 29.8 Å². The Morgan fingerprint density at radius 1 is 1.45 bits per heavy atom. The molecule has 0 aromatic heterocycles. The summed E-state index contributed by atoms with van der Waals surface area (Å²) < 4.78 is 5.57. The van der Waals surface area contributed by atoms with Gasteiger partial charge in [0.25, 0.3) is 5.91 Å². The van der Waals surface area contributed by atoms with Gasteiger partial charge in [-0.2, -0.15) is 5.26 Å². The van der Waals surface area contributed by atoms with Gasteiger partial charge in [0.2, 0.25) is 0 Å². The Morgan fingerprint density at radius 2 is 2.18 bits per heavy atom. The quantitative estimate of drug-likeness (QED) is 0.871. The lowest BCUT2D eigenvalue weighted by Gasteiger charge is -2.26. The summed E-state index contributed by atoms with van der Waals surface area (Å²) >= 11 is 0. The molecule has 3 unspecified atom stereocenters. The van der Waals surface area contributed by atoms with Crippen LogP contribution in [0.4, 0.5) is 0 Å². The highest BCUT2D eigenvalue weighted by Gasteiger charge is 2.22. The fourth-order valence-corrected chi connectivity index (χ4v) is 2.70. The Hall–Kier alpha value is -2.06. The maximum absolute atomic E-state index is 12.0. The molecule has 0 spiro atoms. The van der Waals surface area contributed by atoms with Gasteiger partial charge in [0.15, 0.2) is 6.10 Å². The van der Waals surface area contributed by atoms with Crippen LogP contribution >= 0.6 is 0 Å². The number of nitrogens with zero attached hydrogens (tertiary/aromatic N) is 1. The topological polar surface area (TPSA) is 82.3 Å². The van der Waals surface area contributed by atoms with Crippen molar-refractivity contribution >= 4 is 5.91 Å². The number of aliphatic hydroxyl groups is 1. The van der Waals surface area contributed by atoms with E-state index in [4.69, 9.17) is 10.00 Å².